The molecule has 0 saturated heterocycles. The van der Waals surface area contributed by atoms with Crippen LogP contribution in [0.5, 0.6) is 0 Å². The molecule has 0 atom stereocenters. The average Bonchev–Trinajstić information content (AvgIpc) is 2.86. The Hall–Kier alpha value is -2.67. The van der Waals surface area contributed by atoms with Gasteiger partial charge >= 0.3 is 0 Å². The van der Waals surface area contributed by atoms with Crippen LogP contribution in [0.25, 0.3) is 0 Å². The zero-order valence-electron chi connectivity index (χ0n) is 13.8. The molecule has 0 radical (unpaired) electrons. The first-order valence-electron chi connectivity index (χ1n) is 8.00. The first-order chi connectivity index (χ1) is 12.0. The minimum atomic E-state index is -3.59. The van der Waals surface area contributed by atoms with E-state index in [1.807, 2.05) is 19.1 Å². The highest BCUT2D eigenvalue weighted by Gasteiger charge is 2.27. The van der Waals surface area contributed by atoms with E-state index in [0.717, 1.165) is 5.56 Å². The summed E-state index contributed by atoms with van der Waals surface area (Å²) in [6.45, 7) is 2.97. The average molecular weight is 357 g/mol. The lowest BCUT2D eigenvalue weighted by atomic mass is 10.1. The summed E-state index contributed by atoms with van der Waals surface area (Å²) >= 11 is 0. The number of benzene rings is 2. The quantitative estimate of drug-likeness (QED) is 0.800. The van der Waals surface area contributed by atoms with E-state index in [-0.39, 0.29) is 10.8 Å². The standard InChI is InChI=1S/C18H19N3O3S/c1-13-7-9-14(10-8-13)18(22)20-12-4-11-19-17-15-5-2-3-6-16(15)25(23,24)21-17/h2-3,5-10H,4,11-12H2,1H3,(H,19,21)(H,20,22). The third kappa shape index (κ3) is 3.88. The fourth-order valence-electron chi connectivity index (χ4n) is 2.54. The lowest BCUT2D eigenvalue weighted by molar-refractivity contribution is 0.0953. The molecule has 2 aromatic carbocycles. The number of aryl methyl sites for hydroxylation is 1. The maximum Gasteiger partial charge on any atom is 0.285 e. The van der Waals surface area contributed by atoms with E-state index in [1.165, 1.54) is 0 Å². The van der Waals surface area contributed by atoms with Gasteiger partial charge in [-0.3, -0.25) is 4.79 Å². The second-order valence-electron chi connectivity index (χ2n) is 5.81. The number of amides is 1. The van der Waals surface area contributed by atoms with Crippen LogP contribution in [-0.2, 0) is 10.0 Å². The molecule has 1 heterocycles. The maximum atomic E-state index is 12.0. The van der Waals surface area contributed by atoms with Gasteiger partial charge in [-0.2, -0.15) is 8.42 Å². The number of sulfonamides is 1. The van der Waals surface area contributed by atoms with Crippen molar-refractivity contribution < 1.29 is 13.2 Å². The number of hydrogen-bond acceptors (Lipinski definition) is 4. The van der Waals surface area contributed by atoms with E-state index < -0.39 is 10.0 Å². The first-order valence-corrected chi connectivity index (χ1v) is 9.44. The van der Waals surface area contributed by atoms with E-state index in [1.54, 1.807) is 36.4 Å². The number of carbonyl (C=O) groups excluding carboxylic acids is 1. The van der Waals surface area contributed by atoms with Gasteiger partial charge in [-0.05, 0) is 37.6 Å². The van der Waals surface area contributed by atoms with E-state index in [4.69, 9.17) is 0 Å². The Morgan fingerprint density at radius 2 is 1.76 bits per heavy atom. The Morgan fingerprint density at radius 3 is 2.52 bits per heavy atom. The number of hydrogen-bond donors (Lipinski definition) is 2. The summed E-state index contributed by atoms with van der Waals surface area (Å²) in [5.74, 6) is 0.242. The molecule has 1 aliphatic heterocycles. The van der Waals surface area contributed by atoms with Crippen LogP contribution in [0, 0.1) is 6.92 Å². The molecule has 2 aromatic rings. The Balaban J connectivity index is 1.48. The minimum Gasteiger partial charge on any atom is -0.369 e. The van der Waals surface area contributed by atoms with E-state index in [2.05, 4.69) is 15.0 Å². The zero-order chi connectivity index (χ0) is 17.9. The molecular formula is C18H19N3O3S. The highest BCUT2D eigenvalue weighted by atomic mass is 32.2. The molecule has 0 saturated carbocycles. The van der Waals surface area contributed by atoms with Gasteiger partial charge in [0.1, 0.15) is 10.7 Å². The van der Waals surface area contributed by atoms with Crippen molar-refractivity contribution in [1.82, 2.24) is 10.6 Å². The van der Waals surface area contributed by atoms with Crippen LogP contribution in [0.2, 0.25) is 0 Å². The highest BCUT2D eigenvalue weighted by Crippen LogP contribution is 2.24. The van der Waals surface area contributed by atoms with E-state index in [0.29, 0.717) is 36.5 Å². The molecule has 1 amide bonds. The third-order valence-corrected chi connectivity index (χ3v) is 5.21. The smallest absolute Gasteiger partial charge is 0.285 e. The molecular weight excluding hydrogens is 338 g/mol. The number of fused-ring (bicyclic) bond motifs is 1. The topological polar surface area (TPSA) is 87.6 Å². The van der Waals surface area contributed by atoms with Gasteiger partial charge in [-0.15, -0.1) is 4.40 Å². The second kappa shape index (κ2) is 7.06. The van der Waals surface area contributed by atoms with Crippen LogP contribution in [0.3, 0.4) is 0 Å². The molecule has 130 valence electrons. The molecule has 0 spiro atoms. The van der Waals surface area contributed by atoms with Crippen molar-refractivity contribution in [3.63, 3.8) is 0 Å². The monoisotopic (exact) mass is 357 g/mol. The maximum absolute atomic E-state index is 12.0. The summed E-state index contributed by atoms with van der Waals surface area (Å²) in [7, 11) is -3.59. The minimum absolute atomic E-state index is 0.119. The lowest BCUT2D eigenvalue weighted by Crippen LogP contribution is -2.29. The number of nitrogens with one attached hydrogen (secondary N) is 2. The Labute approximate surface area is 147 Å². The van der Waals surface area contributed by atoms with Crippen LogP contribution in [0.15, 0.2) is 57.8 Å². The fourth-order valence-corrected chi connectivity index (χ4v) is 3.73. The predicted octanol–water partition coefficient (Wildman–Crippen LogP) is 1.85. The molecule has 0 bridgehead atoms. The Morgan fingerprint density at radius 1 is 1.04 bits per heavy atom. The highest BCUT2D eigenvalue weighted by molar-refractivity contribution is 7.90. The van der Waals surface area contributed by atoms with Crippen LogP contribution in [0.4, 0.5) is 0 Å². The molecule has 6 nitrogen and oxygen atoms in total. The van der Waals surface area contributed by atoms with Gasteiger partial charge < -0.3 is 10.6 Å². The van der Waals surface area contributed by atoms with Crippen molar-refractivity contribution in [3.8, 4) is 0 Å². The molecule has 3 rings (SSSR count). The molecule has 0 unspecified atom stereocenters. The summed E-state index contributed by atoms with van der Waals surface area (Å²) in [6.07, 6.45) is 0.652. The first kappa shape index (κ1) is 17.2. The largest absolute Gasteiger partial charge is 0.369 e. The molecule has 0 aliphatic carbocycles. The normalized spacial score (nSPS) is 14.5. The van der Waals surface area contributed by atoms with Crippen LogP contribution < -0.4 is 10.6 Å². The summed E-state index contributed by atoms with van der Waals surface area (Å²) in [6, 6.07) is 14.1. The van der Waals surface area contributed by atoms with Crippen molar-refractivity contribution in [2.45, 2.75) is 18.2 Å². The Kier molecular flexibility index (Phi) is 4.85. The summed E-state index contributed by atoms with van der Waals surface area (Å²) in [4.78, 5) is 12.2. The van der Waals surface area contributed by atoms with Crippen molar-refractivity contribution in [2.75, 3.05) is 13.1 Å². The van der Waals surface area contributed by atoms with Crippen LogP contribution in [-0.4, -0.2) is 33.3 Å². The van der Waals surface area contributed by atoms with Crippen LogP contribution in [0.1, 0.15) is 27.9 Å². The van der Waals surface area contributed by atoms with Gasteiger partial charge in [0.05, 0.1) is 0 Å². The molecule has 2 N–H and O–H groups in total. The van der Waals surface area contributed by atoms with Crippen molar-refractivity contribution in [3.05, 3.63) is 65.2 Å². The van der Waals surface area contributed by atoms with Gasteiger partial charge in [-0.1, -0.05) is 29.8 Å². The van der Waals surface area contributed by atoms with Crippen molar-refractivity contribution >= 4 is 21.8 Å². The lowest BCUT2D eigenvalue weighted by Gasteiger charge is -2.08. The number of amidine groups is 1. The summed E-state index contributed by atoms with van der Waals surface area (Å²) < 4.78 is 27.6. The molecule has 25 heavy (non-hydrogen) atoms. The number of rotatable bonds is 5. The van der Waals surface area contributed by atoms with Gasteiger partial charge in [0.15, 0.2) is 0 Å². The van der Waals surface area contributed by atoms with Gasteiger partial charge in [0, 0.05) is 24.2 Å². The predicted molar refractivity (Wildman–Crippen MR) is 96.3 cm³/mol. The van der Waals surface area contributed by atoms with Gasteiger partial charge in [0.2, 0.25) is 0 Å². The van der Waals surface area contributed by atoms with Gasteiger partial charge in [-0.25, -0.2) is 0 Å². The number of nitrogens with zero attached hydrogens (tertiary/aromatic N) is 1. The SMILES string of the molecule is Cc1ccc(C(=O)NCCCNC2=NS(=O)(=O)c3ccccc32)cc1. The van der Waals surface area contributed by atoms with Gasteiger partial charge in [0.25, 0.3) is 15.9 Å². The number of carbonyl (C=O) groups is 1. The summed E-state index contributed by atoms with van der Waals surface area (Å²) in [5, 5.41) is 5.88. The van der Waals surface area contributed by atoms with E-state index >= 15 is 0 Å². The van der Waals surface area contributed by atoms with E-state index in [9.17, 15) is 13.2 Å². The molecule has 1 aliphatic rings. The Bertz CT molecular complexity index is 919. The second-order valence-corrected chi connectivity index (χ2v) is 7.39. The van der Waals surface area contributed by atoms with Crippen LogP contribution >= 0.6 is 0 Å². The molecule has 0 fully saturated rings. The summed E-state index contributed by atoms with van der Waals surface area (Å²) in [5.41, 5.74) is 2.32. The fraction of sp³-hybridized carbons (Fsp3) is 0.222. The third-order valence-electron chi connectivity index (χ3n) is 3.88. The van der Waals surface area contributed by atoms with Crippen molar-refractivity contribution in [2.24, 2.45) is 4.40 Å². The zero-order valence-corrected chi connectivity index (χ0v) is 14.6. The molecule has 0 aromatic heterocycles. The van der Waals surface area contributed by atoms with Crippen molar-refractivity contribution in [1.29, 1.82) is 0 Å². The molecule has 7 heteroatoms.